The highest BCUT2D eigenvalue weighted by Crippen LogP contribution is 2.31. The molecule has 15 heavy (non-hydrogen) atoms. The Bertz CT molecular complexity index is 451. The number of thiophene rings is 1. The van der Waals surface area contributed by atoms with Gasteiger partial charge in [-0.3, -0.25) is 0 Å². The third-order valence-corrected chi connectivity index (χ3v) is 3.14. The number of aromatic nitrogens is 2. The van der Waals surface area contributed by atoms with Crippen molar-refractivity contribution < 1.29 is 0 Å². The Kier molecular flexibility index (Phi) is 2.97. The Morgan fingerprint density at radius 3 is 2.80 bits per heavy atom. The van der Waals surface area contributed by atoms with Gasteiger partial charge < -0.3 is 5.32 Å². The van der Waals surface area contributed by atoms with Gasteiger partial charge in [-0.05, 0) is 30.9 Å². The average Bonchev–Trinajstić information content (AvgIpc) is 2.66. The van der Waals surface area contributed by atoms with E-state index in [4.69, 9.17) is 0 Å². The Balaban J connectivity index is 2.48. The molecule has 0 unspecified atom stereocenters. The zero-order valence-corrected chi connectivity index (χ0v) is 9.64. The van der Waals surface area contributed by atoms with E-state index in [-0.39, 0.29) is 0 Å². The molecule has 0 fully saturated rings. The first-order valence-corrected chi connectivity index (χ1v) is 5.80. The Morgan fingerprint density at radius 1 is 1.33 bits per heavy atom. The Labute approximate surface area is 93.2 Å². The highest BCUT2D eigenvalue weighted by molar-refractivity contribution is 7.13. The predicted octanol–water partition coefficient (Wildman–Crippen LogP) is 2.95. The molecule has 0 aliphatic carbocycles. The summed E-state index contributed by atoms with van der Waals surface area (Å²) >= 11 is 1.70. The van der Waals surface area contributed by atoms with Crippen LogP contribution in [0.3, 0.4) is 0 Å². The van der Waals surface area contributed by atoms with Crippen LogP contribution in [0.25, 0.3) is 10.6 Å². The van der Waals surface area contributed by atoms with Gasteiger partial charge in [0, 0.05) is 18.9 Å². The van der Waals surface area contributed by atoms with Gasteiger partial charge >= 0.3 is 0 Å². The molecule has 2 aromatic heterocycles. The van der Waals surface area contributed by atoms with Gasteiger partial charge in [0.15, 0.2) is 5.82 Å². The van der Waals surface area contributed by atoms with Crippen LogP contribution in [0.5, 0.6) is 0 Å². The Hall–Kier alpha value is -1.42. The number of rotatable bonds is 3. The lowest BCUT2D eigenvalue weighted by Gasteiger charge is -2.07. The highest BCUT2D eigenvalue weighted by Gasteiger charge is 2.10. The number of nitrogens with zero attached hydrogens (tertiary/aromatic N) is 2. The minimum absolute atomic E-state index is 0.857. The van der Waals surface area contributed by atoms with Crippen molar-refractivity contribution in [2.24, 2.45) is 0 Å². The van der Waals surface area contributed by atoms with Crippen molar-refractivity contribution >= 4 is 17.2 Å². The summed E-state index contributed by atoms with van der Waals surface area (Å²) < 4.78 is 0. The van der Waals surface area contributed by atoms with E-state index in [9.17, 15) is 0 Å². The van der Waals surface area contributed by atoms with Crippen LogP contribution in [0.1, 0.15) is 12.5 Å². The number of hydrogen-bond donors (Lipinski definition) is 1. The second kappa shape index (κ2) is 4.40. The average molecular weight is 219 g/mol. The lowest BCUT2D eigenvalue weighted by Crippen LogP contribution is -2.02. The fraction of sp³-hybridized carbons (Fsp3) is 0.273. The van der Waals surface area contributed by atoms with E-state index in [2.05, 4.69) is 40.6 Å². The largest absolute Gasteiger partial charge is 0.369 e. The maximum absolute atomic E-state index is 4.39. The summed E-state index contributed by atoms with van der Waals surface area (Å²) in [6.07, 6.45) is 3.44. The topological polar surface area (TPSA) is 37.8 Å². The SMILES string of the molecule is CCNc1nccnc1-c1sccc1C. The molecule has 0 aromatic carbocycles. The van der Waals surface area contributed by atoms with Gasteiger partial charge in [-0.25, -0.2) is 9.97 Å². The smallest absolute Gasteiger partial charge is 0.153 e. The summed E-state index contributed by atoms with van der Waals surface area (Å²) in [4.78, 5) is 9.88. The van der Waals surface area contributed by atoms with E-state index in [0.717, 1.165) is 18.1 Å². The molecular formula is C11H13N3S. The van der Waals surface area contributed by atoms with Crippen molar-refractivity contribution in [3.63, 3.8) is 0 Å². The van der Waals surface area contributed by atoms with Gasteiger partial charge in [-0.2, -0.15) is 0 Å². The summed E-state index contributed by atoms with van der Waals surface area (Å²) in [5.74, 6) is 0.866. The van der Waals surface area contributed by atoms with Crippen LogP contribution in [0, 0.1) is 6.92 Å². The van der Waals surface area contributed by atoms with E-state index >= 15 is 0 Å². The molecule has 0 saturated carbocycles. The number of hydrogen-bond acceptors (Lipinski definition) is 4. The maximum Gasteiger partial charge on any atom is 0.153 e. The molecule has 0 saturated heterocycles. The zero-order valence-electron chi connectivity index (χ0n) is 8.82. The number of nitrogens with one attached hydrogen (secondary N) is 1. The van der Waals surface area contributed by atoms with Gasteiger partial charge in [0.1, 0.15) is 5.69 Å². The fourth-order valence-electron chi connectivity index (χ4n) is 1.42. The summed E-state index contributed by atoms with van der Waals surface area (Å²) in [6, 6.07) is 2.10. The van der Waals surface area contributed by atoms with Gasteiger partial charge in [-0.15, -0.1) is 11.3 Å². The molecule has 3 nitrogen and oxygen atoms in total. The zero-order chi connectivity index (χ0) is 10.7. The third kappa shape index (κ3) is 1.99. The first kappa shape index (κ1) is 10.1. The molecule has 0 aliphatic heterocycles. The van der Waals surface area contributed by atoms with E-state index in [1.54, 1.807) is 23.7 Å². The van der Waals surface area contributed by atoms with E-state index < -0.39 is 0 Å². The van der Waals surface area contributed by atoms with Crippen molar-refractivity contribution in [2.45, 2.75) is 13.8 Å². The molecule has 2 heterocycles. The molecule has 4 heteroatoms. The van der Waals surface area contributed by atoms with Crippen molar-refractivity contribution in [2.75, 3.05) is 11.9 Å². The first-order valence-electron chi connectivity index (χ1n) is 4.92. The molecule has 0 aliphatic rings. The summed E-state index contributed by atoms with van der Waals surface area (Å²) in [5, 5.41) is 5.30. The van der Waals surface area contributed by atoms with Gasteiger partial charge in [0.2, 0.25) is 0 Å². The minimum atomic E-state index is 0.857. The minimum Gasteiger partial charge on any atom is -0.369 e. The molecule has 0 spiro atoms. The van der Waals surface area contributed by atoms with Gasteiger partial charge in [0.05, 0.1) is 4.88 Å². The monoisotopic (exact) mass is 219 g/mol. The van der Waals surface area contributed by atoms with E-state index in [0.29, 0.717) is 0 Å². The Morgan fingerprint density at radius 2 is 2.13 bits per heavy atom. The number of aryl methyl sites for hydroxylation is 1. The normalized spacial score (nSPS) is 10.3. The lowest BCUT2D eigenvalue weighted by molar-refractivity contribution is 1.13. The highest BCUT2D eigenvalue weighted by atomic mass is 32.1. The molecule has 2 rings (SSSR count). The molecule has 0 atom stereocenters. The first-order chi connectivity index (χ1) is 7.33. The lowest BCUT2D eigenvalue weighted by atomic mass is 10.2. The van der Waals surface area contributed by atoms with Crippen LogP contribution in [0.4, 0.5) is 5.82 Å². The van der Waals surface area contributed by atoms with Crippen molar-refractivity contribution in [1.29, 1.82) is 0 Å². The summed E-state index contributed by atoms with van der Waals surface area (Å²) in [6.45, 7) is 5.01. The van der Waals surface area contributed by atoms with Crippen molar-refractivity contribution in [3.8, 4) is 10.6 Å². The third-order valence-electron chi connectivity index (χ3n) is 2.12. The van der Waals surface area contributed by atoms with E-state index in [1.807, 2.05) is 0 Å². The summed E-state index contributed by atoms with van der Waals surface area (Å²) in [7, 11) is 0. The standard InChI is InChI=1S/C11H13N3S/c1-3-12-11-9(13-5-6-14-11)10-8(2)4-7-15-10/h4-7H,3H2,1-2H3,(H,12,14). The second-order valence-corrected chi connectivity index (χ2v) is 4.13. The molecule has 0 radical (unpaired) electrons. The number of anilines is 1. The predicted molar refractivity (Wildman–Crippen MR) is 64.2 cm³/mol. The maximum atomic E-state index is 4.39. The van der Waals surface area contributed by atoms with Crippen LogP contribution in [0.2, 0.25) is 0 Å². The van der Waals surface area contributed by atoms with Crippen LogP contribution < -0.4 is 5.32 Å². The molecule has 1 N–H and O–H groups in total. The van der Waals surface area contributed by atoms with Gasteiger partial charge in [0.25, 0.3) is 0 Å². The molecule has 2 aromatic rings. The van der Waals surface area contributed by atoms with Crippen LogP contribution in [-0.4, -0.2) is 16.5 Å². The molecule has 0 bridgehead atoms. The molecular weight excluding hydrogens is 206 g/mol. The van der Waals surface area contributed by atoms with E-state index in [1.165, 1.54) is 10.4 Å². The fourth-order valence-corrected chi connectivity index (χ4v) is 2.34. The van der Waals surface area contributed by atoms with Crippen LogP contribution in [0.15, 0.2) is 23.8 Å². The molecule has 0 amide bonds. The van der Waals surface area contributed by atoms with Crippen LogP contribution >= 0.6 is 11.3 Å². The molecule has 78 valence electrons. The second-order valence-electron chi connectivity index (χ2n) is 3.22. The summed E-state index contributed by atoms with van der Waals surface area (Å²) in [5.41, 5.74) is 2.20. The van der Waals surface area contributed by atoms with Crippen molar-refractivity contribution in [3.05, 3.63) is 29.4 Å². The quantitative estimate of drug-likeness (QED) is 0.862. The van der Waals surface area contributed by atoms with Gasteiger partial charge in [-0.1, -0.05) is 0 Å². The van der Waals surface area contributed by atoms with Crippen LogP contribution in [-0.2, 0) is 0 Å². The van der Waals surface area contributed by atoms with Crippen molar-refractivity contribution in [1.82, 2.24) is 9.97 Å².